The molecule has 1 amide bonds. The van der Waals surface area contributed by atoms with Crippen molar-refractivity contribution in [2.24, 2.45) is 0 Å². The number of hydrogen-bond donors (Lipinski definition) is 1. The van der Waals surface area contributed by atoms with E-state index in [4.69, 9.17) is 4.74 Å². The predicted molar refractivity (Wildman–Crippen MR) is 108 cm³/mol. The third kappa shape index (κ3) is 3.89. The highest BCUT2D eigenvalue weighted by Gasteiger charge is 2.20. The summed E-state index contributed by atoms with van der Waals surface area (Å²) in [6, 6.07) is 16.1. The normalized spacial score (nSPS) is 12.3. The summed E-state index contributed by atoms with van der Waals surface area (Å²) in [5, 5.41) is 7.11. The molecule has 0 bridgehead atoms. The zero-order chi connectivity index (χ0) is 18.5. The molecule has 1 atom stereocenters. The lowest BCUT2D eigenvalue weighted by molar-refractivity contribution is 0.0940. The van der Waals surface area contributed by atoms with E-state index >= 15 is 0 Å². The first-order chi connectivity index (χ1) is 12.6. The molecule has 0 radical (unpaired) electrons. The first-order valence-electron chi connectivity index (χ1n) is 8.74. The second kappa shape index (κ2) is 8.34. The monoisotopic (exact) mass is 368 g/mol. The number of carbonyl (C=O) groups is 1. The minimum Gasteiger partial charge on any atom is -0.493 e. The van der Waals surface area contributed by atoms with Crippen LogP contribution in [0.25, 0.3) is 10.8 Å². The summed E-state index contributed by atoms with van der Waals surface area (Å²) in [5.74, 6) is 0.523. The van der Waals surface area contributed by atoms with Crippen molar-refractivity contribution in [2.75, 3.05) is 27.2 Å². The molecular weight excluding hydrogens is 344 g/mol. The molecule has 3 rings (SSSR count). The lowest BCUT2D eigenvalue weighted by Gasteiger charge is -2.24. The molecule has 0 aliphatic heterocycles. The molecule has 1 aromatic heterocycles. The smallest absolute Gasteiger partial charge is 0.255 e. The Labute approximate surface area is 158 Å². The Morgan fingerprint density at radius 1 is 1.15 bits per heavy atom. The van der Waals surface area contributed by atoms with Crippen molar-refractivity contribution >= 4 is 28.0 Å². The van der Waals surface area contributed by atoms with Crippen molar-refractivity contribution in [3.8, 4) is 5.75 Å². The highest BCUT2D eigenvalue weighted by Crippen LogP contribution is 2.29. The third-order valence-electron chi connectivity index (χ3n) is 4.37. The van der Waals surface area contributed by atoms with Crippen LogP contribution in [0.5, 0.6) is 5.75 Å². The topological polar surface area (TPSA) is 41.6 Å². The number of carbonyl (C=O) groups excluding carboxylic acids is 1. The van der Waals surface area contributed by atoms with E-state index in [1.54, 1.807) is 11.3 Å². The predicted octanol–water partition coefficient (Wildman–Crippen LogP) is 4.33. The van der Waals surface area contributed by atoms with E-state index < -0.39 is 0 Å². The second-order valence-corrected chi connectivity index (χ2v) is 7.28. The molecule has 0 aliphatic carbocycles. The summed E-state index contributed by atoms with van der Waals surface area (Å²) in [6.07, 6.45) is 0. The molecule has 1 heterocycles. The van der Waals surface area contributed by atoms with Crippen LogP contribution in [-0.4, -0.2) is 38.1 Å². The molecule has 3 aromatic rings. The third-order valence-corrected chi connectivity index (χ3v) is 5.34. The van der Waals surface area contributed by atoms with Crippen LogP contribution in [0.15, 0.2) is 53.9 Å². The van der Waals surface area contributed by atoms with Gasteiger partial charge in [-0.15, -0.1) is 11.3 Å². The quantitative estimate of drug-likeness (QED) is 0.675. The van der Waals surface area contributed by atoms with E-state index in [1.165, 1.54) is 4.88 Å². The molecule has 5 heteroatoms. The Hall–Kier alpha value is -2.37. The van der Waals surface area contributed by atoms with Crippen LogP contribution in [-0.2, 0) is 0 Å². The lowest BCUT2D eigenvalue weighted by Crippen LogP contribution is -2.34. The van der Waals surface area contributed by atoms with Gasteiger partial charge >= 0.3 is 0 Å². The summed E-state index contributed by atoms with van der Waals surface area (Å²) in [7, 11) is 4.06. The van der Waals surface area contributed by atoms with Gasteiger partial charge in [-0.1, -0.05) is 36.4 Å². The Kier molecular flexibility index (Phi) is 5.91. The number of rotatable bonds is 7. The van der Waals surface area contributed by atoms with E-state index in [2.05, 4.69) is 21.7 Å². The standard InChI is InChI=1S/C21H24N2O2S/c1-4-25-18-12-11-15-8-5-6-9-16(15)20(18)21(24)22-14-17(23(2)3)19-10-7-13-26-19/h5-13,17H,4,14H2,1-3H3,(H,22,24). The second-order valence-electron chi connectivity index (χ2n) is 6.30. The van der Waals surface area contributed by atoms with E-state index in [0.717, 1.165) is 10.8 Å². The van der Waals surface area contributed by atoms with Crippen molar-refractivity contribution in [2.45, 2.75) is 13.0 Å². The van der Waals surface area contributed by atoms with Gasteiger partial charge in [-0.25, -0.2) is 0 Å². The molecule has 4 nitrogen and oxygen atoms in total. The number of likely N-dealkylation sites (N-methyl/N-ethyl adjacent to an activating group) is 1. The maximum absolute atomic E-state index is 13.0. The maximum Gasteiger partial charge on any atom is 0.255 e. The molecule has 1 N–H and O–H groups in total. The number of fused-ring (bicyclic) bond motifs is 1. The van der Waals surface area contributed by atoms with Crippen molar-refractivity contribution in [3.05, 3.63) is 64.4 Å². The summed E-state index contributed by atoms with van der Waals surface area (Å²) >= 11 is 1.70. The minimum atomic E-state index is -0.103. The molecule has 136 valence electrons. The van der Waals surface area contributed by atoms with Crippen molar-refractivity contribution in [3.63, 3.8) is 0 Å². The summed E-state index contributed by atoms with van der Waals surface area (Å²) < 4.78 is 5.72. The van der Waals surface area contributed by atoms with Crippen LogP contribution in [0.1, 0.15) is 28.2 Å². The van der Waals surface area contributed by atoms with Crippen LogP contribution >= 0.6 is 11.3 Å². The first kappa shape index (κ1) is 18.4. The van der Waals surface area contributed by atoms with Crippen LogP contribution in [0.3, 0.4) is 0 Å². The molecule has 0 saturated heterocycles. The van der Waals surface area contributed by atoms with E-state index in [9.17, 15) is 4.79 Å². The van der Waals surface area contributed by atoms with E-state index in [0.29, 0.717) is 24.5 Å². The average Bonchev–Trinajstić information content (AvgIpc) is 3.15. The van der Waals surface area contributed by atoms with E-state index in [1.807, 2.05) is 63.5 Å². The Morgan fingerprint density at radius 3 is 2.65 bits per heavy atom. The van der Waals surface area contributed by atoms with Crippen molar-refractivity contribution in [1.29, 1.82) is 0 Å². The molecule has 1 unspecified atom stereocenters. The molecule has 0 saturated carbocycles. The van der Waals surface area contributed by atoms with Crippen LogP contribution in [0.4, 0.5) is 0 Å². The van der Waals surface area contributed by atoms with Crippen LogP contribution in [0.2, 0.25) is 0 Å². The van der Waals surface area contributed by atoms with Gasteiger partial charge in [0.2, 0.25) is 0 Å². The molecule has 26 heavy (non-hydrogen) atoms. The zero-order valence-corrected chi connectivity index (χ0v) is 16.2. The Balaban J connectivity index is 1.88. The molecule has 0 aliphatic rings. The Bertz CT molecular complexity index is 875. The lowest BCUT2D eigenvalue weighted by atomic mass is 10.0. The first-order valence-corrected chi connectivity index (χ1v) is 9.62. The van der Waals surface area contributed by atoms with Crippen LogP contribution in [0, 0.1) is 0 Å². The van der Waals surface area contributed by atoms with E-state index in [-0.39, 0.29) is 11.9 Å². The summed E-state index contributed by atoms with van der Waals surface area (Å²) in [5.41, 5.74) is 0.605. The fourth-order valence-electron chi connectivity index (χ4n) is 3.06. The highest BCUT2D eigenvalue weighted by atomic mass is 32.1. The molecule has 0 spiro atoms. The number of nitrogens with one attached hydrogen (secondary N) is 1. The molecule has 2 aromatic carbocycles. The number of thiophene rings is 1. The van der Waals surface area contributed by atoms with Gasteiger partial charge in [-0.2, -0.15) is 0 Å². The summed E-state index contributed by atoms with van der Waals surface area (Å²) in [6.45, 7) is 2.99. The van der Waals surface area contributed by atoms with Crippen LogP contribution < -0.4 is 10.1 Å². The number of nitrogens with zero attached hydrogens (tertiary/aromatic N) is 1. The SMILES string of the molecule is CCOc1ccc2ccccc2c1C(=O)NCC(c1cccs1)N(C)C. The number of hydrogen-bond acceptors (Lipinski definition) is 4. The molecule has 0 fully saturated rings. The van der Waals surface area contributed by atoms with Crippen molar-refractivity contribution < 1.29 is 9.53 Å². The van der Waals surface area contributed by atoms with Gasteiger partial charge in [-0.3, -0.25) is 4.79 Å². The van der Waals surface area contributed by atoms with Crippen molar-refractivity contribution in [1.82, 2.24) is 10.2 Å². The fourth-order valence-corrected chi connectivity index (χ4v) is 3.98. The highest BCUT2D eigenvalue weighted by molar-refractivity contribution is 7.10. The van der Waals surface area contributed by atoms with Gasteiger partial charge in [-0.05, 0) is 49.3 Å². The van der Waals surface area contributed by atoms with Gasteiger partial charge in [0.15, 0.2) is 0 Å². The number of benzene rings is 2. The van der Waals surface area contributed by atoms with Gasteiger partial charge in [0.1, 0.15) is 5.75 Å². The van der Waals surface area contributed by atoms with Gasteiger partial charge in [0.05, 0.1) is 18.2 Å². The van der Waals surface area contributed by atoms with Gasteiger partial charge in [0, 0.05) is 11.4 Å². The zero-order valence-electron chi connectivity index (χ0n) is 15.4. The maximum atomic E-state index is 13.0. The molecular formula is C21H24N2O2S. The van der Waals surface area contributed by atoms with Gasteiger partial charge < -0.3 is 15.0 Å². The fraction of sp³-hybridized carbons (Fsp3) is 0.286. The Morgan fingerprint density at radius 2 is 1.96 bits per heavy atom. The number of ether oxygens (including phenoxy) is 1. The summed E-state index contributed by atoms with van der Waals surface area (Å²) in [4.78, 5) is 16.4. The number of amides is 1. The van der Waals surface area contributed by atoms with Gasteiger partial charge in [0.25, 0.3) is 5.91 Å². The minimum absolute atomic E-state index is 0.103. The average molecular weight is 369 g/mol. The largest absolute Gasteiger partial charge is 0.493 e.